The summed E-state index contributed by atoms with van der Waals surface area (Å²) in [7, 11) is 0. The van der Waals surface area contributed by atoms with E-state index in [2.05, 4.69) is 40.9 Å². The van der Waals surface area contributed by atoms with Crippen LogP contribution in [0.2, 0.25) is 0 Å². The highest BCUT2D eigenvalue weighted by molar-refractivity contribution is 5.85. The highest BCUT2D eigenvalue weighted by Gasteiger charge is 2.41. The van der Waals surface area contributed by atoms with Crippen molar-refractivity contribution >= 4 is 18.3 Å². The van der Waals surface area contributed by atoms with Gasteiger partial charge in [0.05, 0.1) is 6.61 Å². The first-order valence-corrected chi connectivity index (χ1v) is 9.89. The number of ether oxygens (including phenoxy) is 1. The van der Waals surface area contributed by atoms with E-state index < -0.39 is 5.54 Å². The van der Waals surface area contributed by atoms with Gasteiger partial charge in [-0.1, -0.05) is 12.1 Å². The molecule has 2 N–H and O–H groups in total. The summed E-state index contributed by atoms with van der Waals surface area (Å²) in [4.78, 5) is 13.2. The topological polar surface area (TPSA) is 68.2 Å². The fraction of sp³-hybridized carbons (Fsp3) is 0.524. The van der Waals surface area contributed by atoms with Gasteiger partial charge in [0, 0.05) is 24.5 Å². The molecule has 28 heavy (non-hydrogen) atoms. The molecule has 1 aliphatic heterocycles. The van der Waals surface area contributed by atoms with Crippen molar-refractivity contribution in [3.8, 4) is 5.75 Å². The Labute approximate surface area is 172 Å². The van der Waals surface area contributed by atoms with E-state index in [9.17, 15) is 4.79 Å². The fourth-order valence-electron chi connectivity index (χ4n) is 3.70. The molecule has 4 rings (SSSR count). The lowest BCUT2D eigenvalue weighted by atomic mass is 9.87. The number of carbonyl (C=O) groups is 1. The summed E-state index contributed by atoms with van der Waals surface area (Å²) in [6.45, 7) is 4.93. The molecular weight excluding hydrogens is 376 g/mol. The molecule has 1 saturated carbocycles. The van der Waals surface area contributed by atoms with Gasteiger partial charge in [0.2, 0.25) is 5.91 Å². The standard InChI is InChI=1S/C21H28N4O2.ClH/c1-16-3-6-18(19(13-16)27-15-17-4-5-17)14-23-20(26)21(7-10-22-11-8-21)25-12-2-9-24-25;/h2-3,6,9,12-13,17,22H,4-5,7-8,10-11,14-15H2,1H3,(H,23,26);1H. The number of carbonyl (C=O) groups excluding carboxylic acids is 1. The summed E-state index contributed by atoms with van der Waals surface area (Å²) in [6, 6.07) is 8.07. The summed E-state index contributed by atoms with van der Waals surface area (Å²) in [5.74, 6) is 1.62. The monoisotopic (exact) mass is 404 g/mol. The maximum atomic E-state index is 13.2. The molecule has 6 nitrogen and oxygen atoms in total. The van der Waals surface area contributed by atoms with Crippen molar-refractivity contribution in [2.45, 2.75) is 44.7 Å². The SMILES string of the molecule is Cc1ccc(CNC(=O)C2(n3cccn3)CCNCC2)c(OCC2CC2)c1.Cl. The van der Waals surface area contributed by atoms with E-state index in [1.165, 1.54) is 18.4 Å². The summed E-state index contributed by atoms with van der Waals surface area (Å²) in [5, 5.41) is 10.9. The lowest BCUT2D eigenvalue weighted by Crippen LogP contribution is -2.54. The van der Waals surface area contributed by atoms with Crippen molar-refractivity contribution in [2.75, 3.05) is 19.7 Å². The highest BCUT2D eigenvalue weighted by Crippen LogP contribution is 2.31. The third-order valence-electron chi connectivity index (χ3n) is 5.63. The van der Waals surface area contributed by atoms with Crippen LogP contribution in [0.15, 0.2) is 36.7 Å². The van der Waals surface area contributed by atoms with Gasteiger partial charge in [-0.3, -0.25) is 9.48 Å². The molecule has 1 saturated heterocycles. The van der Waals surface area contributed by atoms with Crippen molar-refractivity contribution in [3.05, 3.63) is 47.8 Å². The first kappa shape index (κ1) is 20.7. The lowest BCUT2D eigenvalue weighted by Gasteiger charge is -2.36. The zero-order chi connectivity index (χ0) is 18.7. The van der Waals surface area contributed by atoms with Gasteiger partial charge in [-0.2, -0.15) is 5.10 Å². The Balaban J connectivity index is 0.00000225. The maximum Gasteiger partial charge on any atom is 0.248 e. The molecule has 0 spiro atoms. The average molecular weight is 405 g/mol. The van der Waals surface area contributed by atoms with E-state index in [0.29, 0.717) is 12.5 Å². The van der Waals surface area contributed by atoms with E-state index >= 15 is 0 Å². The van der Waals surface area contributed by atoms with Gasteiger partial charge in [-0.05, 0) is 69.3 Å². The van der Waals surface area contributed by atoms with E-state index in [1.54, 1.807) is 6.20 Å². The number of amides is 1. The zero-order valence-corrected chi connectivity index (χ0v) is 17.1. The number of hydrogen-bond acceptors (Lipinski definition) is 4. The Morgan fingerprint density at radius 1 is 1.36 bits per heavy atom. The molecule has 2 fully saturated rings. The zero-order valence-electron chi connectivity index (χ0n) is 16.3. The minimum absolute atomic E-state index is 0. The van der Waals surface area contributed by atoms with Crippen LogP contribution >= 0.6 is 12.4 Å². The molecular formula is C21H29ClN4O2. The smallest absolute Gasteiger partial charge is 0.248 e. The maximum absolute atomic E-state index is 13.2. The average Bonchev–Trinajstić information content (AvgIpc) is 3.36. The number of nitrogens with one attached hydrogen (secondary N) is 2. The highest BCUT2D eigenvalue weighted by atomic mass is 35.5. The van der Waals surface area contributed by atoms with Crippen molar-refractivity contribution < 1.29 is 9.53 Å². The molecule has 1 aliphatic carbocycles. The van der Waals surface area contributed by atoms with Crippen molar-refractivity contribution in [1.29, 1.82) is 0 Å². The predicted octanol–water partition coefficient (Wildman–Crippen LogP) is 2.80. The van der Waals surface area contributed by atoms with Gasteiger partial charge in [0.25, 0.3) is 0 Å². The van der Waals surface area contributed by atoms with Gasteiger partial charge in [0.1, 0.15) is 11.3 Å². The molecule has 152 valence electrons. The van der Waals surface area contributed by atoms with Gasteiger partial charge in [0.15, 0.2) is 0 Å². The largest absolute Gasteiger partial charge is 0.493 e. The quantitative estimate of drug-likeness (QED) is 0.744. The second-order valence-electron chi connectivity index (χ2n) is 7.78. The normalized spacial score (nSPS) is 18.2. The Kier molecular flexibility index (Phi) is 6.62. The fourth-order valence-corrected chi connectivity index (χ4v) is 3.70. The van der Waals surface area contributed by atoms with Crippen molar-refractivity contribution in [1.82, 2.24) is 20.4 Å². The molecule has 0 atom stereocenters. The summed E-state index contributed by atoms with van der Waals surface area (Å²) < 4.78 is 7.86. The van der Waals surface area contributed by atoms with Gasteiger partial charge < -0.3 is 15.4 Å². The van der Waals surface area contributed by atoms with Crippen LogP contribution < -0.4 is 15.4 Å². The van der Waals surface area contributed by atoms with Gasteiger partial charge in [-0.15, -0.1) is 12.4 Å². The molecule has 1 aromatic heterocycles. The van der Waals surface area contributed by atoms with Crippen molar-refractivity contribution in [3.63, 3.8) is 0 Å². The number of halogens is 1. The number of hydrogen-bond donors (Lipinski definition) is 2. The predicted molar refractivity (Wildman–Crippen MR) is 111 cm³/mol. The Morgan fingerprint density at radius 2 is 2.14 bits per heavy atom. The van der Waals surface area contributed by atoms with Crippen LogP contribution in [0, 0.1) is 12.8 Å². The molecule has 2 aromatic rings. The summed E-state index contributed by atoms with van der Waals surface area (Å²) in [6.07, 6.45) is 7.62. The first-order chi connectivity index (χ1) is 13.2. The van der Waals surface area contributed by atoms with E-state index in [1.807, 2.05) is 16.9 Å². The number of piperidine rings is 1. The van der Waals surface area contributed by atoms with E-state index in [-0.39, 0.29) is 18.3 Å². The first-order valence-electron chi connectivity index (χ1n) is 9.89. The molecule has 2 heterocycles. The molecule has 0 bridgehead atoms. The Bertz CT molecular complexity index is 784. The number of rotatable bonds is 7. The second kappa shape index (κ2) is 8.97. The molecule has 0 unspecified atom stereocenters. The van der Waals surface area contributed by atoms with Crippen LogP contribution in [0.4, 0.5) is 0 Å². The van der Waals surface area contributed by atoms with Crippen LogP contribution in [-0.2, 0) is 16.9 Å². The van der Waals surface area contributed by atoms with E-state index in [4.69, 9.17) is 4.74 Å². The molecule has 2 aliphatic rings. The van der Waals surface area contributed by atoms with Crippen molar-refractivity contribution in [2.24, 2.45) is 5.92 Å². The Morgan fingerprint density at radius 3 is 2.82 bits per heavy atom. The van der Waals surface area contributed by atoms with Crippen LogP contribution in [-0.4, -0.2) is 35.4 Å². The second-order valence-corrected chi connectivity index (χ2v) is 7.78. The summed E-state index contributed by atoms with van der Waals surface area (Å²) >= 11 is 0. The lowest BCUT2D eigenvalue weighted by molar-refractivity contribution is -0.132. The van der Waals surface area contributed by atoms with E-state index in [0.717, 1.165) is 43.9 Å². The number of benzene rings is 1. The number of aryl methyl sites for hydroxylation is 1. The molecule has 7 heteroatoms. The number of aromatic nitrogens is 2. The van der Waals surface area contributed by atoms with Gasteiger partial charge in [-0.25, -0.2) is 0 Å². The number of nitrogens with zero attached hydrogens (tertiary/aromatic N) is 2. The van der Waals surface area contributed by atoms with Crippen LogP contribution in [0.25, 0.3) is 0 Å². The molecule has 1 amide bonds. The van der Waals surface area contributed by atoms with Crippen LogP contribution in [0.5, 0.6) is 5.75 Å². The third kappa shape index (κ3) is 4.50. The summed E-state index contributed by atoms with van der Waals surface area (Å²) in [5.41, 5.74) is 1.58. The Hall–Kier alpha value is -2.05. The third-order valence-corrected chi connectivity index (χ3v) is 5.63. The van der Waals surface area contributed by atoms with Gasteiger partial charge >= 0.3 is 0 Å². The molecule has 1 aromatic carbocycles. The minimum Gasteiger partial charge on any atom is -0.493 e. The minimum atomic E-state index is -0.617. The van der Waals surface area contributed by atoms with Crippen LogP contribution in [0.1, 0.15) is 36.8 Å². The molecule has 0 radical (unpaired) electrons. The van der Waals surface area contributed by atoms with Crippen LogP contribution in [0.3, 0.4) is 0 Å².